The number of hydrogen-bond acceptors (Lipinski definition) is 6. The van der Waals surface area contributed by atoms with Crippen LogP contribution in [0.15, 0.2) is 47.4 Å². The number of sulfonamides is 1. The Morgan fingerprint density at radius 2 is 1.79 bits per heavy atom. The number of benzene rings is 2. The number of nitrogens with zero attached hydrogens (tertiary/aromatic N) is 1. The largest absolute Gasteiger partial charge is 0.586 e. The van der Waals surface area contributed by atoms with Crippen molar-refractivity contribution in [3.63, 3.8) is 0 Å². The fourth-order valence-electron chi connectivity index (χ4n) is 2.78. The van der Waals surface area contributed by atoms with Gasteiger partial charge in [0.2, 0.25) is 15.9 Å². The van der Waals surface area contributed by atoms with Gasteiger partial charge in [0.1, 0.15) is 0 Å². The van der Waals surface area contributed by atoms with E-state index >= 15 is 0 Å². The summed E-state index contributed by atoms with van der Waals surface area (Å²) in [4.78, 5) is 14.0. The van der Waals surface area contributed by atoms with E-state index in [2.05, 4.69) is 14.8 Å². The predicted molar refractivity (Wildman–Crippen MR) is 100 cm³/mol. The Morgan fingerprint density at radius 1 is 1.17 bits per heavy atom. The van der Waals surface area contributed by atoms with E-state index < -0.39 is 16.3 Å². The zero-order valence-electron chi connectivity index (χ0n) is 15.6. The first kappa shape index (κ1) is 21.0. The molecule has 0 fully saturated rings. The van der Waals surface area contributed by atoms with Gasteiger partial charge in [0.15, 0.2) is 11.5 Å². The fraction of sp³-hybridized carbons (Fsp3) is 0.278. The third-order valence-electron chi connectivity index (χ3n) is 4.43. The van der Waals surface area contributed by atoms with E-state index in [0.717, 1.165) is 5.56 Å². The van der Waals surface area contributed by atoms with Crippen LogP contribution in [0.5, 0.6) is 11.5 Å². The van der Waals surface area contributed by atoms with Crippen molar-refractivity contribution in [2.45, 2.75) is 24.2 Å². The van der Waals surface area contributed by atoms with Gasteiger partial charge < -0.3 is 14.8 Å². The Kier molecular flexibility index (Phi) is 5.48. The number of carbonyl (C=O) groups is 1. The summed E-state index contributed by atoms with van der Waals surface area (Å²) in [5, 5.41) is 7.69. The lowest BCUT2D eigenvalue weighted by molar-refractivity contribution is -0.286. The van der Waals surface area contributed by atoms with E-state index in [1.54, 1.807) is 24.1 Å². The van der Waals surface area contributed by atoms with Crippen LogP contribution in [0.25, 0.3) is 0 Å². The molecule has 3 rings (SSSR count). The van der Waals surface area contributed by atoms with E-state index in [1.807, 2.05) is 6.92 Å². The first-order valence-corrected chi connectivity index (χ1v) is 10.0. The summed E-state index contributed by atoms with van der Waals surface area (Å²) in [7, 11) is -2.05. The number of halogens is 2. The number of nitrogens with one attached hydrogen (secondary N) is 1. The lowest BCUT2D eigenvalue weighted by Gasteiger charge is -2.24. The molecule has 0 radical (unpaired) electrons. The molecule has 0 saturated carbocycles. The molecule has 0 spiro atoms. The Labute approximate surface area is 166 Å². The highest BCUT2D eigenvalue weighted by molar-refractivity contribution is 7.89. The maximum absolute atomic E-state index is 13.1. The second-order valence-electron chi connectivity index (χ2n) is 6.58. The molecule has 0 aromatic heterocycles. The van der Waals surface area contributed by atoms with Gasteiger partial charge in [-0.1, -0.05) is 12.1 Å². The van der Waals surface area contributed by atoms with Gasteiger partial charge in [0, 0.05) is 17.8 Å². The van der Waals surface area contributed by atoms with E-state index in [-0.39, 0.29) is 40.6 Å². The highest BCUT2D eigenvalue weighted by atomic mass is 32.2. The molecule has 29 heavy (non-hydrogen) atoms. The Morgan fingerprint density at radius 3 is 2.41 bits per heavy atom. The number of alkyl halides is 2. The van der Waals surface area contributed by atoms with Crippen molar-refractivity contribution in [1.82, 2.24) is 4.90 Å². The summed E-state index contributed by atoms with van der Waals surface area (Å²) in [6.45, 7) is 1.85. The van der Waals surface area contributed by atoms with Crippen LogP contribution in [0, 0.1) is 0 Å². The van der Waals surface area contributed by atoms with Crippen molar-refractivity contribution in [3.8, 4) is 11.5 Å². The van der Waals surface area contributed by atoms with Gasteiger partial charge in [-0.2, -0.15) is 0 Å². The summed E-state index contributed by atoms with van der Waals surface area (Å²) in [5.74, 6) is -0.641. The van der Waals surface area contributed by atoms with Crippen LogP contribution in [0.4, 0.5) is 14.5 Å². The van der Waals surface area contributed by atoms with Gasteiger partial charge in [-0.05, 0) is 43.8 Å². The Balaban J connectivity index is 1.61. The number of nitrogens with two attached hydrogens (primary N) is 1. The fourth-order valence-corrected chi connectivity index (χ4v) is 3.30. The average Bonchev–Trinajstić information content (AvgIpc) is 2.93. The lowest BCUT2D eigenvalue weighted by atomic mass is 10.1. The van der Waals surface area contributed by atoms with Gasteiger partial charge in [0.05, 0.1) is 11.4 Å². The summed E-state index contributed by atoms with van der Waals surface area (Å²) in [6, 6.07) is 9.81. The molecule has 8 nitrogen and oxygen atoms in total. The normalized spacial score (nSPS) is 15.9. The zero-order valence-corrected chi connectivity index (χ0v) is 16.4. The van der Waals surface area contributed by atoms with Crippen LogP contribution >= 0.6 is 0 Å². The number of fused-ring (bicyclic) bond motifs is 1. The molecule has 0 aliphatic carbocycles. The molecular weight excluding hydrogens is 408 g/mol. The number of likely N-dealkylation sites (N-methyl/N-ethyl adjacent to an activating group) is 1. The Hall–Kier alpha value is -2.76. The van der Waals surface area contributed by atoms with Crippen LogP contribution in [-0.2, 0) is 14.8 Å². The van der Waals surface area contributed by atoms with Crippen LogP contribution in [0.1, 0.15) is 18.5 Å². The average molecular weight is 427 g/mol. The molecule has 1 unspecified atom stereocenters. The quantitative estimate of drug-likeness (QED) is 0.732. The van der Waals surface area contributed by atoms with E-state index in [0.29, 0.717) is 0 Å². The van der Waals surface area contributed by atoms with Crippen molar-refractivity contribution in [3.05, 3.63) is 48.0 Å². The van der Waals surface area contributed by atoms with Crippen LogP contribution in [0.3, 0.4) is 0 Å². The van der Waals surface area contributed by atoms with E-state index in [4.69, 9.17) is 5.14 Å². The maximum atomic E-state index is 13.1. The SMILES string of the molecule is CC(c1ccc(S(N)(=O)=O)cc1)N(C)CC(=O)Nc1ccc2c(c1)OC(F)(F)O2. The highest BCUT2D eigenvalue weighted by Gasteiger charge is 2.43. The first-order chi connectivity index (χ1) is 13.4. The molecule has 0 bridgehead atoms. The predicted octanol–water partition coefficient (Wildman–Crippen LogP) is 2.29. The smallest absolute Gasteiger partial charge is 0.395 e. The minimum Gasteiger partial charge on any atom is -0.395 e. The second-order valence-corrected chi connectivity index (χ2v) is 8.14. The summed E-state index contributed by atoms with van der Waals surface area (Å²) < 4.78 is 57.5. The molecule has 1 amide bonds. The number of anilines is 1. The molecule has 1 atom stereocenters. The number of rotatable bonds is 6. The topological polar surface area (TPSA) is 111 Å². The maximum Gasteiger partial charge on any atom is 0.586 e. The molecule has 2 aromatic carbocycles. The molecule has 11 heteroatoms. The molecule has 1 heterocycles. The summed E-state index contributed by atoms with van der Waals surface area (Å²) in [6.07, 6.45) is -3.72. The van der Waals surface area contributed by atoms with Crippen LogP contribution in [-0.4, -0.2) is 39.1 Å². The number of amides is 1. The molecule has 156 valence electrons. The number of ether oxygens (including phenoxy) is 2. The van der Waals surface area contributed by atoms with Gasteiger partial charge in [-0.3, -0.25) is 9.69 Å². The van der Waals surface area contributed by atoms with Gasteiger partial charge in [0.25, 0.3) is 0 Å². The highest BCUT2D eigenvalue weighted by Crippen LogP contribution is 2.42. The third kappa shape index (κ3) is 5.00. The van der Waals surface area contributed by atoms with Crippen LogP contribution < -0.4 is 19.9 Å². The molecule has 3 N–H and O–H groups in total. The number of carbonyl (C=O) groups excluding carboxylic acids is 1. The monoisotopic (exact) mass is 427 g/mol. The number of primary sulfonamides is 1. The molecule has 0 saturated heterocycles. The van der Waals surface area contributed by atoms with Crippen molar-refractivity contribution >= 4 is 21.6 Å². The first-order valence-electron chi connectivity index (χ1n) is 8.47. The summed E-state index contributed by atoms with van der Waals surface area (Å²) >= 11 is 0. The summed E-state index contributed by atoms with van der Waals surface area (Å²) in [5.41, 5.74) is 1.08. The van der Waals surface area contributed by atoms with E-state index in [1.165, 1.54) is 30.3 Å². The minimum atomic E-state index is -3.77. The minimum absolute atomic E-state index is 0.00207. The van der Waals surface area contributed by atoms with Crippen molar-refractivity contribution in [1.29, 1.82) is 0 Å². The van der Waals surface area contributed by atoms with Gasteiger partial charge in [-0.15, -0.1) is 8.78 Å². The van der Waals surface area contributed by atoms with Crippen LogP contribution in [0.2, 0.25) is 0 Å². The molecule has 2 aromatic rings. The molecule has 1 aliphatic heterocycles. The second kappa shape index (κ2) is 7.58. The third-order valence-corrected chi connectivity index (χ3v) is 5.36. The zero-order chi connectivity index (χ0) is 21.4. The lowest BCUT2D eigenvalue weighted by Crippen LogP contribution is -2.32. The molecular formula is C18H19F2N3O5S. The van der Waals surface area contributed by atoms with Crippen molar-refractivity contribution < 1.29 is 31.5 Å². The standard InChI is InChI=1S/C18H19F2N3O5S/c1-11(12-3-6-14(7-4-12)29(21,25)26)23(2)10-17(24)22-13-5-8-15-16(9-13)28-18(19,20)27-15/h3-9,11H,10H2,1-2H3,(H,22,24)(H2,21,25,26). The van der Waals surface area contributed by atoms with Crippen molar-refractivity contribution in [2.75, 3.05) is 18.9 Å². The van der Waals surface area contributed by atoms with Crippen molar-refractivity contribution in [2.24, 2.45) is 5.14 Å². The van der Waals surface area contributed by atoms with Gasteiger partial charge in [-0.25, -0.2) is 13.6 Å². The van der Waals surface area contributed by atoms with E-state index in [9.17, 15) is 22.0 Å². The Bertz CT molecular complexity index is 1030. The van der Waals surface area contributed by atoms with Gasteiger partial charge >= 0.3 is 6.29 Å². The molecule has 1 aliphatic rings. The number of hydrogen-bond donors (Lipinski definition) is 2.